The van der Waals surface area contributed by atoms with Gasteiger partial charge < -0.3 is 14.4 Å². The van der Waals surface area contributed by atoms with Gasteiger partial charge in [-0.05, 0) is 82.3 Å². The number of hydrogen-bond donors (Lipinski definition) is 0. The maximum Gasteiger partial charge on any atom is 0.191 e. The fraction of sp³-hybridized carbons (Fsp3) is 0.176. The minimum absolute atomic E-state index is 0. The van der Waals surface area contributed by atoms with E-state index in [1.165, 1.54) is 27.5 Å². The first-order valence-corrected chi connectivity index (χ1v) is 19.6. The van der Waals surface area contributed by atoms with Crippen LogP contribution in [0.4, 0.5) is 22.7 Å². The first kappa shape index (κ1) is 38.5. The van der Waals surface area contributed by atoms with Crippen LogP contribution in [-0.4, -0.2) is 16.3 Å². The summed E-state index contributed by atoms with van der Waals surface area (Å²) in [5.74, 6) is 0.901. The molecule has 8 aromatic rings. The molecule has 6 heteroatoms. The molecule has 0 saturated heterocycles. The molecule has 57 heavy (non-hydrogen) atoms. The fourth-order valence-electron chi connectivity index (χ4n) is 8.35. The molecule has 0 unspecified atom stereocenters. The number of hydrogen-bond acceptors (Lipinski definition) is 3. The molecule has 0 fully saturated rings. The molecule has 1 aliphatic rings. The monoisotopic (exact) mass is 920 g/mol. The Kier molecular flexibility index (Phi) is 10.0. The molecule has 0 atom stereocenters. The van der Waals surface area contributed by atoms with Crippen molar-refractivity contribution >= 4 is 67.7 Å². The summed E-state index contributed by atoms with van der Waals surface area (Å²) in [5, 5.41) is 2.35. The molecule has 0 amide bonds. The smallest absolute Gasteiger partial charge is 0.191 e. The Morgan fingerprint density at radius 1 is 0.614 bits per heavy atom. The summed E-state index contributed by atoms with van der Waals surface area (Å²) < 4.78 is 2.28. The maximum atomic E-state index is 4.93. The third-order valence-electron chi connectivity index (χ3n) is 11.2. The number of rotatable bonds is 6. The van der Waals surface area contributed by atoms with Gasteiger partial charge in [0.05, 0.1) is 0 Å². The van der Waals surface area contributed by atoms with Gasteiger partial charge in [-0.25, -0.2) is 4.98 Å². The van der Waals surface area contributed by atoms with Gasteiger partial charge in [0.2, 0.25) is 0 Å². The molecule has 0 radical (unpaired) electrons. The van der Waals surface area contributed by atoms with Crippen molar-refractivity contribution in [2.24, 2.45) is 0 Å². The van der Waals surface area contributed by atoms with Crippen LogP contribution in [0, 0.1) is 25.7 Å². The number of fused-ring (bicyclic) bond motifs is 4. The average Bonchev–Trinajstić information content (AvgIpc) is 3.74. The third-order valence-corrected chi connectivity index (χ3v) is 11.2. The SMILES string of the molecule is Cc1ccc(N2[CH-]N(c3[c-]c(B(c4[c-]c5c(cc4)c4ccccc4n5-c4cc(C(C)(C)C)ccn4)c4ccccc4)ccc3)c3ccccc32)cc1C(C)(C)C.[Pt]. The van der Waals surface area contributed by atoms with E-state index >= 15 is 0 Å². The Labute approximate surface area is 352 Å². The second-order valence-electron chi connectivity index (χ2n) is 17.1. The van der Waals surface area contributed by atoms with Crippen molar-refractivity contribution in [1.82, 2.24) is 9.55 Å². The molecule has 0 N–H and O–H groups in total. The average molecular weight is 921 g/mol. The van der Waals surface area contributed by atoms with Crippen LogP contribution >= 0.6 is 0 Å². The molecule has 6 aromatic carbocycles. The van der Waals surface area contributed by atoms with E-state index in [1.54, 1.807) is 0 Å². The molecule has 1 aliphatic heterocycles. The van der Waals surface area contributed by atoms with Crippen LogP contribution in [0.5, 0.6) is 0 Å². The van der Waals surface area contributed by atoms with Crippen molar-refractivity contribution in [2.75, 3.05) is 9.80 Å². The van der Waals surface area contributed by atoms with E-state index in [1.807, 2.05) is 6.20 Å². The summed E-state index contributed by atoms with van der Waals surface area (Å²) in [5.41, 5.74) is 13.8. The Bertz CT molecular complexity index is 2740. The summed E-state index contributed by atoms with van der Waals surface area (Å²) in [6, 6.07) is 58.1. The summed E-state index contributed by atoms with van der Waals surface area (Å²) in [7, 11) is 0. The number of pyridine rings is 1. The molecule has 0 saturated carbocycles. The summed E-state index contributed by atoms with van der Waals surface area (Å²) in [4.78, 5) is 9.52. The molecule has 3 heterocycles. The number of para-hydroxylation sites is 3. The predicted molar refractivity (Wildman–Crippen MR) is 237 cm³/mol. The van der Waals surface area contributed by atoms with Crippen LogP contribution < -0.4 is 26.2 Å². The topological polar surface area (TPSA) is 24.3 Å². The number of nitrogens with zero attached hydrogens (tertiary/aromatic N) is 4. The number of aryl methyl sites for hydroxylation is 1. The molecule has 9 rings (SSSR count). The summed E-state index contributed by atoms with van der Waals surface area (Å²) >= 11 is 0. The van der Waals surface area contributed by atoms with Gasteiger partial charge in [0.1, 0.15) is 5.82 Å². The van der Waals surface area contributed by atoms with E-state index in [2.05, 4.69) is 221 Å². The maximum absolute atomic E-state index is 4.93. The van der Waals surface area contributed by atoms with Gasteiger partial charge in [0.15, 0.2) is 6.71 Å². The van der Waals surface area contributed by atoms with Gasteiger partial charge in [0.25, 0.3) is 0 Å². The first-order chi connectivity index (χ1) is 27.0. The van der Waals surface area contributed by atoms with Crippen LogP contribution in [0.25, 0.3) is 27.6 Å². The molecule has 286 valence electrons. The third kappa shape index (κ3) is 7.01. The second kappa shape index (κ2) is 14.8. The van der Waals surface area contributed by atoms with E-state index in [9.17, 15) is 0 Å². The van der Waals surface area contributed by atoms with Gasteiger partial charge in [-0.3, -0.25) is 0 Å². The molecule has 0 spiro atoms. The first-order valence-electron chi connectivity index (χ1n) is 19.6. The zero-order valence-electron chi connectivity index (χ0n) is 33.6. The van der Waals surface area contributed by atoms with E-state index < -0.39 is 0 Å². The van der Waals surface area contributed by atoms with Crippen molar-refractivity contribution in [3.8, 4) is 5.82 Å². The number of aromatic nitrogens is 2. The zero-order valence-corrected chi connectivity index (χ0v) is 35.9. The van der Waals surface area contributed by atoms with Gasteiger partial charge >= 0.3 is 0 Å². The van der Waals surface area contributed by atoms with Crippen LogP contribution in [-0.2, 0) is 31.9 Å². The predicted octanol–water partition coefficient (Wildman–Crippen LogP) is 10.6. The Hall–Kier alpha value is -5.38. The second-order valence-corrected chi connectivity index (χ2v) is 17.1. The molecule has 0 bridgehead atoms. The van der Waals surface area contributed by atoms with Crippen molar-refractivity contribution in [3.05, 3.63) is 181 Å². The molecular formula is C51H46BN4Pt-3. The van der Waals surface area contributed by atoms with E-state index in [4.69, 9.17) is 4.98 Å². The Balaban J connectivity index is 0.00000455. The summed E-state index contributed by atoms with van der Waals surface area (Å²) in [6.45, 7) is 17.9. The normalized spacial score (nSPS) is 12.9. The molecule has 0 aliphatic carbocycles. The molecular weight excluding hydrogens is 874 g/mol. The molecule has 4 nitrogen and oxygen atoms in total. The molecule has 2 aromatic heterocycles. The van der Waals surface area contributed by atoms with Gasteiger partial charge in [0, 0.05) is 49.8 Å². The Morgan fingerprint density at radius 2 is 1.32 bits per heavy atom. The fourth-order valence-corrected chi connectivity index (χ4v) is 8.35. The van der Waals surface area contributed by atoms with E-state index in [0.717, 1.165) is 55.9 Å². The van der Waals surface area contributed by atoms with Crippen LogP contribution in [0.2, 0.25) is 0 Å². The Morgan fingerprint density at radius 3 is 2.07 bits per heavy atom. The van der Waals surface area contributed by atoms with Crippen LogP contribution in [0.1, 0.15) is 58.2 Å². The van der Waals surface area contributed by atoms with Crippen molar-refractivity contribution in [1.29, 1.82) is 0 Å². The minimum Gasteiger partial charge on any atom is -0.493 e. The van der Waals surface area contributed by atoms with Crippen LogP contribution in [0.15, 0.2) is 146 Å². The van der Waals surface area contributed by atoms with Crippen molar-refractivity contribution < 1.29 is 21.1 Å². The summed E-state index contributed by atoms with van der Waals surface area (Å²) in [6.07, 6.45) is 1.94. The number of anilines is 4. The van der Waals surface area contributed by atoms with Gasteiger partial charge in [-0.2, -0.15) is 53.4 Å². The van der Waals surface area contributed by atoms with Crippen LogP contribution in [0.3, 0.4) is 0 Å². The van der Waals surface area contributed by atoms with E-state index in [0.29, 0.717) is 0 Å². The quantitative estimate of drug-likeness (QED) is 0.123. The van der Waals surface area contributed by atoms with E-state index in [-0.39, 0.29) is 38.6 Å². The minimum atomic E-state index is -0.110. The van der Waals surface area contributed by atoms with Crippen molar-refractivity contribution in [3.63, 3.8) is 0 Å². The number of benzene rings is 6. The van der Waals surface area contributed by atoms with Gasteiger partial charge in [-0.1, -0.05) is 119 Å². The largest absolute Gasteiger partial charge is 0.493 e. The standard InChI is InChI=1S/C51H46BN4.Pt/c1-35-24-26-41(33-44(35)51(5,6)7)55-34-54(46-22-13-14-23-47(46)55)40-19-15-18-38(31-40)52(37-16-9-8-10-17-37)39-25-27-43-42-20-11-12-21-45(42)56(48(43)32-39)49-30-36(28-29-53-49)50(2,3)4;/h8-30,33-34H,1-7H3;/q-3;. The van der Waals surface area contributed by atoms with Gasteiger partial charge in [-0.15, -0.1) is 17.7 Å². The van der Waals surface area contributed by atoms with Crippen molar-refractivity contribution in [2.45, 2.75) is 59.3 Å². The zero-order chi connectivity index (χ0) is 38.8.